The Labute approximate surface area is 365 Å². The Morgan fingerprint density at radius 1 is 0.844 bits per heavy atom. The van der Waals surface area contributed by atoms with Crippen molar-refractivity contribution in [3.05, 3.63) is 127 Å². The average molecular weight is 885 g/mol. The van der Waals surface area contributed by atoms with Crippen LogP contribution in [0.4, 0.5) is 26.3 Å². The van der Waals surface area contributed by atoms with Crippen molar-refractivity contribution in [2.24, 2.45) is 0 Å². The van der Waals surface area contributed by atoms with Crippen LogP contribution in [0.5, 0.6) is 5.88 Å². The van der Waals surface area contributed by atoms with E-state index in [1.165, 1.54) is 18.2 Å². The van der Waals surface area contributed by atoms with Crippen molar-refractivity contribution in [1.29, 1.82) is 0 Å². The number of rotatable bonds is 5. The third-order valence-electron chi connectivity index (χ3n) is 4.54. The number of halogens is 9. The summed E-state index contributed by atoms with van der Waals surface area (Å²) in [5.41, 5.74) is -0.283. The fourth-order valence-electron chi connectivity index (χ4n) is 2.66. The van der Waals surface area contributed by atoms with Gasteiger partial charge in [0, 0.05) is 38.8 Å². The molecule has 234 valence electrons. The van der Waals surface area contributed by atoms with Gasteiger partial charge in [0.15, 0.2) is 0 Å². The van der Waals surface area contributed by atoms with Gasteiger partial charge in [-0.25, -0.2) is 4.98 Å². The van der Waals surface area contributed by atoms with Crippen molar-refractivity contribution in [2.45, 2.75) is 24.3 Å². The van der Waals surface area contributed by atoms with Gasteiger partial charge in [-0.2, -0.15) is 26.3 Å². The summed E-state index contributed by atoms with van der Waals surface area (Å²) in [6.45, 7) is -0.140. The molecule has 0 atom stereocenters. The number of aromatic amines is 1. The Bertz CT molecular complexity index is 1450. The number of benzene rings is 2. The summed E-state index contributed by atoms with van der Waals surface area (Å²) in [6.07, 6.45) is -5.42. The molecule has 2 aromatic heterocycles. The minimum absolute atomic E-state index is 0. The van der Waals surface area contributed by atoms with E-state index in [9.17, 15) is 31.1 Å². The standard InChI is InChI=1S/C13H9BrF3NO.C8H6BrF3.C5H4BrNO.CH2O3.2K.H/c14-11-4-5-12(18-7-11)19-8-9-2-1-3-10(6-9)13(15,16)17;9-5-6-2-1-3-7(4-6)8(10,11)12;6-4-1-2-5(8)7-3-4;2-1-4-3;;;/h1-7H,8H2;1-4H,5H2;1-3H,(H,7,8);1,3H;;;/q;;;;2*+1;-1/p-1. The number of hydrogen-bond donors (Lipinski definition) is 1. The Morgan fingerprint density at radius 2 is 1.36 bits per heavy atom. The number of nitrogens with zero attached hydrogens (tertiary/aromatic N) is 1. The van der Waals surface area contributed by atoms with Crippen LogP contribution in [0.1, 0.15) is 23.7 Å². The maximum Gasteiger partial charge on any atom is 1.00 e. The van der Waals surface area contributed by atoms with Crippen LogP contribution in [0.25, 0.3) is 0 Å². The van der Waals surface area contributed by atoms with Crippen molar-refractivity contribution >= 4 is 54.3 Å². The van der Waals surface area contributed by atoms with Crippen molar-refractivity contribution < 1.29 is 150 Å². The first-order valence-electron chi connectivity index (χ1n) is 11.4. The maximum absolute atomic E-state index is 12.5. The van der Waals surface area contributed by atoms with Gasteiger partial charge >= 0.3 is 115 Å². The second kappa shape index (κ2) is 25.1. The molecule has 0 amide bonds. The minimum atomic E-state index is -4.34. The molecule has 2 heterocycles. The number of nitrogens with one attached hydrogen (secondary N) is 1. The maximum atomic E-state index is 12.5. The van der Waals surface area contributed by atoms with E-state index >= 15 is 0 Å². The summed E-state index contributed by atoms with van der Waals surface area (Å²) in [4.78, 5) is 28.1. The molecule has 0 saturated heterocycles. The fraction of sp³-hybridized carbons (Fsp3) is 0.148. The van der Waals surface area contributed by atoms with Gasteiger partial charge in [0.05, 0.1) is 11.1 Å². The molecule has 4 aromatic rings. The van der Waals surface area contributed by atoms with Crippen LogP contribution in [0.3, 0.4) is 0 Å². The summed E-state index contributed by atoms with van der Waals surface area (Å²) >= 11 is 9.50. The molecule has 0 radical (unpaired) electrons. The monoisotopic (exact) mass is 882 g/mol. The first-order valence-corrected chi connectivity index (χ1v) is 14.1. The second-order valence-electron chi connectivity index (χ2n) is 7.70. The van der Waals surface area contributed by atoms with E-state index in [2.05, 4.69) is 62.6 Å². The molecule has 0 aliphatic carbocycles. The Morgan fingerprint density at radius 3 is 1.76 bits per heavy atom. The predicted octanol–water partition coefficient (Wildman–Crippen LogP) is 1.73. The zero-order valence-electron chi connectivity index (χ0n) is 24.5. The first kappa shape index (κ1) is 47.2. The third-order valence-corrected chi connectivity index (χ3v) is 6.15. The van der Waals surface area contributed by atoms with Crippen LogP contribution in [-0.4, -0.2) is 16.4 Å². The molecular formula is C27H21Br3F6K2N2O5. The third kappa shape index (κ3) is 21.6. The van der Waals surface area contributed by atoms with Crippen LogP contribution in [0.15, 0.2) is 98.9 Å². The number of ether oxygens (including phenoxy) is 1. The average Bonchev–Trinajstić information content (AvgIpc) is 2.98. The van der Waals surface area contributed by atoms with Gasteiger partial charge in [-0.3, -0.25) is 9.59 Å². The Balaban J connectivity index is -0.000000592. The number of alkyl halides is 7. The van der Waals surface area contributed by atoms with Crippen molar-refractivity contribution in [3.63, 3.8) is 0 Å². The zero-order chi connectivity index (χ0) is 32.5. The number of carbonyl (C=O) groups is 1. The molecule has 1 N–H and O–H groups in total. The summed E-state index contributed by atoms with van der Waals surface area (Å²) in [5, 5.41) is 8.87. The molecule has 0 aliphatic heterocycles. The molecule has 0 saturated carbocycles. The van der Waals surface area contributed by atoms with E-state index in [1.54, 1.807) is 42.7 Å². The van der Waals surface area contributed by atoms with Crippen molar-refractivity contribution in [2.75, 3.05) is 0 Å². The number of carbonyl (C=O) groups excluding carboxylic acids is 1. The van der Waals surface area contributed by atoms with Crippen molar-refractivity contribution in [1.82, 2.24) is 9.97 Å². The summed E-state index contributed by atoms with van der Waals surface area (Å²) in [5.74, 6) is 0.362. The summed E-state index contributed by atoms with van der Waals surface area (Å²) < 4.78 is 80.8. The van der Waals surface area contributed by atoms with Gasteiger partial charge in [0.1, 0.15) is 6.61 Å². The van der Waals surface area contributed by atoms with E-state index in [0.29, 0.717) is 22.3 Å². The van der Waals surface area contributed by atoms with E-state index in [1.807, 2.05) is 0 Å². The molecule has 0 spiro atoms. The largest absolute Gasteiger partial charge is 1.00 e. The molecule has 0 unspecified atom stereocenters. The molecule has 0 bridgehead atoms. The van der Waals surface area contributed by atoms with Crippen LogP contribution in [0.2, 0.25) is 0 Å². The topological polar surface area (TPSA) is 104 Å². The molecule has 7 nitrogen and oxygen atoms in total. The predicted molar refractivity (Wildman–Crippen MR) is 155 cm³/mol. The molecule has 2 aromatic carbocycles. The normalized spacial score (nSPS) is 10.0. The van der Waals surface area contributed by atoms with E-state index in [-0.39, 0.29) is 123 Å². The Hall–Kier alpha value is 0.0627. The number of pyridine rings is 2. The zero-order valence-corrected chi connectivity index (χ0v) is 34.5. The SMILES string of the molecule is FC(F)(F)c1cccc(CBr)c1.FC(F)(F)c1cccc(COc2ccc(Br)cn2)c1.O=CO[O-].O=c1ccc(Br)c[nH]1.[H-].[K+].[K+]. The van der Waals surface area contributed by atoms with Crippen molar-refractivity contribution in [3.8, 4) is 5.88 Å². The van der Waals surface area contributed by atoms with Crippen LogP contribution in [-0.2, 0) is 34.0 Å². The summed E-state index contributed by atoms with van der Waals surface area (Å²) in [6, 6.07) is 16.8. The van der Waals surface area contributed by atoms with E-state index in [0.717, 1.165) is 33.2 Å². The number of H-pyrrole nitrogens is 1. The van der Waals surface area contributed by atoms with Crippen LogP contribution >= 0.6 is 47.8 Å². The van der Waals surface area contributed by atoms with Gasteiger partial charge in [-0.15, -0.1) is 0 Å². The van der Waals surface area contributed by atoms with Gasteiger partial charge in [-0.05, 0) is 73.3 Å². The van der Waals surface area contributed by atoms with E-state index < -0.39 is 23.5 Å². The van der Waals surface area contributed by atoms with Crippen LogP contribution < -0.4 is 118 Å². The van der Waals surface area contributed by atoms with Gasteiger partial charge in [0.25, 0.3) is 6.47 Å². The molecular weight excluding hydrogens is 864 g/mol. The minimum Gasteiger partial charge on any atom is -1.00 e. The Kier molecular flexibility index (Phi) is 26.3. The quantitative estimate of drug-likeness (QED) is 0.0820. The second-order valence-corrected chi connectivity index (χ2v) is 10.1. The first-order chi connectivity index (χ1) is 20.2. The number of hydrogen-bond acceptors (Lipinski definition) is 6. The molecule has 4 rings (SSSR count). The van der Waals surface area contributed by atoms with E-state index in [4.69, 9.17) is 14.8 Å². The van der Waals surface area contributed by atoms with Gasteiger partial charge in [-0.1, -0.05) is 46.3 Å². The van der Waals surface area contributed by atoms with Gasteiger partial charge < -0.3 is 21.3 Å². The van der Waals surface area contributed by atoms with Gasteiger partial charge in [0.2, 0.25) is 11.4 Å². The molecule has 0 fully saturated rings. The summed E-state index contributed by atoms with van der Waals surface area (Å²) in [7, 11) is 0. The van der Waals surface area contributed by atoms with Crippen LogP contribution in [0, 0.1) is 0 Å². The number of aromatic nitrogens is 2. The fourth-order valence-corrected chi connectivity index (χ4v) is 3.49. The smallest absolute Gasteiger partial charge is 1.00 e. The molecule has 45 heavy (non-hydrogen) atoms. The molecule has 18 heteroatoms. The molecule has 0 aliphatic rings.